The van der Waals surface area contributed by atoms with Crippen molar-refractivity contribution >= 4 is 28.6 Å². The van der Waals surface area contributed by atoms with E-state index in [1.165, 1.54) is 18.2 Å². The lowest BCUT2D eigenvalue weighted by Crippen LogP contribution is -2.19. The molecule has 11 heteroatoms. The summed E-state index contributed by atoms with van der Waals surface area (Å²) >= 11 is 0. The van der Waals surface area contributed by atoms with Crippen molar-refractivity contribution in [2.24, 2.45) is 4.99 Å². The minimum Gasteiger partial charge on any atom is -0.494 e. The highest BCUT2D eigenvalue weighted by molar-refractivity contribution is 6.08. The Morgan fingerprint density at radius 3 is 2.40 bits per heavy atom. The Balaban J connectivity index is 1.54. The van der Waals surface area contributed by atoms with Crippen molar-refractivity contribution in [1.82, 2.24) is 4.73 Å². The molecular formula is C34H35N3O8. The Bertz CT molecular complexity index is 1920. The summed E-state index contributed by atoms with van der Waals surface area (Å²) < 4.78 is 13.0. The molecule has 2 heterocycles. The van der Waals surface area contributed by atoms with Crippen LogP contribution in [0.5, 0.6) is 17.5 Å². The number of aromatic nitrogens is 1. The van der Waals surface area contributed by atoms with Crippen LogP contribution >= 0.6 is 0 Å². The number of aryl methyl sites for hydroxylation is 2. The first-order valence-electron chi connectivity index (χ1n) is 14.7. The van der Waals surface area contributed by atoms with Crippen molar-refractivity contribution < 1.29 is 38.9 Å². The largest absolute Gasteiger partial charge is 0.494 e. The maximum atomic E-state index is 12.5. The SMILES string of the molecule is CCN=c1cc2oc3cc(NCC)c(C)cc3c(-c3cc(OCCCC(=O)On4c(O)ccc4O)ccc3C(=O)O)c-2cc1C. The van der Waals surface area contributed by atoms with Gasteiger partial charge in [0.25, 0.3) is 0 Å². The lowest BCUT2D eigenvalue weighted by molar-refractivity contribution is -0.145. The number of nitrogens with one attached hydrogen (secondary N) is 1. The second-order valence-corrected chi connectivity index (χ2v) is 10.6. The van der Waals surface area contributed by atoms with Crippen LogP contribution in [0, 0.1) is 13.8 Å². The molecule has 0 spiro atoms. The van der Waals surface area contributed by atoms with Gasteiger partial charge in [-0.3, -0.25) is 4.99 Å². The number of fused-ring (bicyclic) bond motifs is 2. The lowest BCUT2D eigenvalue weighted by Gasteiger charge is -2.20. The Labute approximate surface area is 259 Å². The Kier molecular flexibility index (Phi) is 8.98. The number of benzene rings is 3. The standard InChI is InChI=1S/C34H35N3O8/c1-5-35-26-17-28-24(14-19(26)3)33(25-15-20(4)27(36-6-2)18-29(25)44-28)23-16-21(9-10-22(23)34(41)42)43-13-7-8-32(40)45-37-30(38)11-12-31(37)39/h9-12,14-18,35,38-39H,5-8,13H2,1-4H3,(H,41,42). The fourth-order valence-corrected chi connectivity index (χ4v) is 5.26. The third-order valence-corrected chi connectivity index (χ3v) is 7.35. The van der Waals surface area contributed by atoms with E-state index in [9.17, 15) is 24.9 Å². The van der Waals surface area contributed by atoms with E-state index in [0.717, 1.165) is 39.7 Å². The molecule has 0 fully saturated rings. The molecule has 1 aliphatic heterocycles. The molecule has 45 heavy (non-hydrogen) atoms. The minimum atomic E-state index is -1.09. The number of carboxylic acids is 1. The van der Waals surface area contributed by atoms with Crippen LogP contribution in [-0.2, 0) is 4.79 Å². The van der Waals surface area contributed by atoms with Crippen LogP contribution in [0.25, 0.3) is 33.4 Å². The van der Waals surface area contributed by atoms with E-state index in [1.54, 1.807) is 12.1 Å². The predicted molar refractivity (Wildman–Crippen MR) is 169 cm³/mol. The van der Waals surface area contributed by atoms with E-state index in [2.05, 4.69) is 10.3 Å². The Hall–Kier alpha value is -5.45. The van der Waals surface area contributed by atoms with Crippen LogP contribution in [0.2, 0.25) is 0 Å². The molecule has 2 aliphatic rings. The van der Waals surface area contributed by atoms with Crippen molar-refractivity contribution in [3.63, 3.8) is 0 Å². The van der Waals surface area contributed by atoms with E-state index < -0.39 is 23.7 Å². The third kappa shape index (κ3) is 6.42. The van der Waals surface area contributed by atoms with Crippen molar-refractivity contribution in [2.75, 3.05) is 25.0 Å². The molecule has 5 rings (SSSR count). The first-order valence-corrected chi connectivity index (χ1v) is 14.7. The van der Waals surface area contributed by atoms with Gasteiger partial charge in [0.2, 0.25) is 11.8 Å². The molecule has 0 bridgehead atoms. The van der Waals surface area contributed by atoms with Crippen molar-refractivity contribution in [1.29, 1.82) is 0 Å². The van der Waals surface area contributed by atoms with Gasteiger partial charge in [-0.05, 0) is 75.6 Å². The molecule has 0 unspecified atom stereocenters. The van der Waals surface area contributed by atoms with Crippen LogP contribution in [0.3, 0.4) is 0 Å². The summed E-state index contributed by atoms with van der Waals surface area (Å²) in [6, 6.07) is 15.0. The molecule has 3 aromatic rings. The molecule has 0 atom stereocenters. The van der Waals surface area contributed by atoms with Gasteiger partial charge in [0.1, 0.15) is 17.1 Å². The number of hydrogen-bond donors (Lipinski definition) is 4. The van der Waals surface area contributed by atoms with Crippen molar-refractivity contribution in [3.8, 4) is 40.0 Å². The molecule has 0 saturated carbocycles. The van der Waals surface area contributed by atoms with Gasteiger partial charge in [-0.15, -0.1) is 4.73 Å². The van der Waals surface area contributed by atoms with Gasteiger partial charge < -0.3 is 34.6 Å². The molecule has 2 aromatic carbocycles. The first-order chi connectivity index (χ1) is 21.6. The zero-order valence-electron chi connectivity index (χ0n) is 25.5. The number of nitrogens with zero attached hydrogens (tertiary/aromatic N) is 2. The van der Waals surface area contributed by atoms with Crippen molar-refractivity contribution in [2.45, 2.75) is 40.5 Å². The summed E-state index contributed by atoms with van der Waals surface area (Å²) in [5, 5.41) is 34.5. The molecule has 4 N–H and O–H groups in total. The average molecular weight is 614 g/mol. The predicted octanol–water partition coefficient (Wildman–Crippen LogP) is 5.90. The fourth-order valence-electron chi connectivity index (χ4n) is 5.26. The first kappa shape index (κ1) is 31.0. The topological polar surface area (TPSA) is 156 Å². The second kappa shape index (κ2) is 13.0. The Morgan fingerprint density at radius 1 is 0.956 bits per heavy atom. The van der Waals surface area contributed by atoms with Gasteiger partial charge in [-0.25, -0.2) is 9.59 Å². The number of carboxylic acid groups (broad SMARTS) is 1. The zero-order valence-corrected chi connectivity index (χ0v) is 25.5. The number of anilines is 1. The quantitative estimate of drug-likeness (QED) is 0.105. The number of rotatable bonds is 11. The second-order valence-electron chi connectivity index (χ2n) is 10.6. The number of carbonyl (C=O) groups excluding carboxylic acids is 1. The highest BCUT2D eigenvalue weighted by Gasteiger charge is 2.24. The molecule has 11 nitrogen and oxygen atoms in total. The van der Waals surface area contributed by atoms with Gasteiger partial charge in [-0.2, -0.15) is 0 Å². The van der Waals surface area contributed by atoms with Gasteiger partial charge in [0.15, 0.2) is 0 Å². The molecule has 0 saturated heterocycles. The minimum absolute atomic E-state index is 0.0512. The van der Waals surface area contributed by atoms with Crippen LogP contribution in [0.4, 0.5) is 5.69 Å². The lowest BCUT2D eigenvalue weighted by atomic mass is 9.89. The monoisotopic (exact) mass is 613 g/mol. The van der Waals surface area contributed by atoms with E-state index in [4.69, 9.17) is 14.0 Å². The number of ether oxygens (including phenoxy) is 1. The average Bonchev–Trinajstić information content (AvgIpc) is 3.31. The van der Waals surface area contributed by atoms with Crippen LogP contribution in [-0.4, -0.2) is 51.7 Å². The zero-order chi connectivity index (χ0) is 32.2. The van der Waals surface area contributed by atoms with E-state index in [-0.39, 0.29) is 25.0 Å². The highest BCUT2D eigenvalue weighted by atomic mass is 16.7. The fraction of sp³-hybridized carbons (Fsp3) is 0.265. The maximum absolute atomic E-state index is 12.5. The van der Waals surface area contributed by atoms with Crippen LogP contribution in [0.1, 0.15) is 48.2 Å². The van der Waals surface area contributed by atoms with Gasteiger partial charge in [0.05, 0.1) is 23.9 Å². The van der Waals surface area contributed by atoms with E-state index in [1.807, 2.05) is 52.0 Å². The summed E-state index contributed by atoms with van der Waals surface area (Å²) in [5.74, 6) is -1.59. The van der Waals surface area contributed by atoms with Crippen LogP contribution in [0.15, 0.2) is 64.0 Å². The normalized spacial score (nSPS) is 11.7. The molecular weight excluding hydrogens is 578 g/mol. The number of aromatic carboxylic acids is 1. The summed E-state index contributed by atoms with van der Waals surface area (Å²) in [5.41, 5.74) is 5.41. The number of hydrogen-bond acceptors (Lipinski definition) is 9. The number of aromatic hydroxyl groups is 2. The summed E-state index contributed by atoms with van der Waals surface area (Å²) in [4.78, 5) is 34.3. The number of carbonyl (C=O) groups is 2. The molecule has 0 radical (unpaired) electrons. The maximum Gasteiger partial charge on any atom is 0.336 e. The summed E-state index contributed by atoms with van der Waals surface area (Å²) in [7, 11) is 0. The Morgan fingerprint density at radius 2 is 1.71 bits per heavy atom. The summed E-state index contributed by atoms with van der Waals surface area (Å²) in [6.07, 6.45) is 0.216. The van der Waals surface area contributed by atoms with Gasteiger partial charge in [0, 0.05) is 65.1 Å². The van der Waals surface area contributed by atoms with Gasteiger partial charge in [-0.1, -0.05) is 0 Å². The van der Waals surface area contributed by atoms with Crippen LogP contribution < -0.4 is 20.2 Å². The molecule has 1 aromatic heterocycles. The molecule has 234 valence electrons. The smallest absolute Gasteiger partial charge is 0.336 e. The highest BCUT2D eigenvalue weighted by Crippen LogP contribution is 2.44. The van der Waals surface area contributed by atoms with Crippen molar-refractivity contribution in [3.05, 3.63) is 76.6 Å². The molecule has 0 amide bonds. The molecule has 1 aliphatic carbocycles. The third-order valence-electron chi connectivity index (χ3n) is 7.35. The van der Waals surface area contributed by atoms with E-state index >= 15 is 0 Å². The van der Waals surface area contributed by atoms with Gasteiger partial charge >= 0.3 is 11.9 Å². The summed E-state index contributed by atoms with van der Waals surface area (Å²) in [6.45, 7) is 9.38. The van der Waals surface area contributed by atoms with E-state index in [0.29, 0.717) is 39.5 Å².